The Morgan fingerprint density at radius 3 is 2.19 bits per heavy atom. The molecular weight excluding hydrogens is 355 g/mol. The van der Waals surface area contributed by atoms with Gasteiger partial charge in [0.2, 0.25) is 0 Å². The molecular formula is C21H20F3NO2. The van der Waals surface area contributed by atoms with Gasteiger partial charge in [-0.15, -0.1) is 0 Å². The van der Waals surface area contributed by atoms with Crippen LogP contribution in [0.1, 0.15) is 28.8 Å². The maximum absolute atomic E-state index is 13.5. The van der Waals surface area contributed by atoms with Gasteiger partial charge >= 0.3 is 0 Å². The van der Waals surface area contributed by atoms with Gasteiger partial charge in [-0.1, -0.05) is 30.3 Å². The zero-order chi connectivity index (χ0) is 19.0. The van der Waals surface area contributed by atoms with Crippen molar-refractivity contribution in [2.45, 2.75) is 31.5 Å². The minimum absolute atomic E-state index is 0.0711. The average molecular weight is 375 g/mol. The zero-order valence-electron chi connectivity index (χ0n) is 14.7. The standard InChI is InChI=1S/C21H20F3NO2/c22-18-8-15(9-19(23)20(18)24)21(26)14-6-16-11-27-12-17(7-14)25(16)10-13-4-2-1-3-5-13/h1-5,8-9,14,16-17H,6-7,10-12H2. The van der Waals surface area contributed by atoms with E-state index in [2.05, 4.69) is 17.0 Å². The van der Waals surface area contributed by atoms with E-state index in [-0.39, 0.29) is 29.3 Å². The maximum atomic E-state index is 13.5. The molecule has 142 valence electrons. The van der Waals surface area contributed by atoms with E-state index in [4.69, 9.17) is 4.74 Å². The third-order valence-electron chi connectivity index (χ3n) is 5.52. The van der Waals surface area contributed by atoms with E-state index in [9.17, 15) is 18.0 Å². The van der Waals surface area contributed by atoms with Gasteiger partial charge in [0.15, 0.2) is 23.2 Å². The van der Waals surface area contributed by atoms with Crippen molar-refractivity contribution >= 4 is 5.78 Å². The van der Waals surface area contributed by atoms with E-state index < -0.39 is 17.5 Å². The number of Topliss-reactive ketones (excluding diaryl/α,β-unsaturated/α-hetero) is 1. The molecule has 0 spiro atoms. The Kier molecular flexibility index (Phi) is 5.02. The Hall–Kier alpha value is -2.18. The van der Waals surface area contributed by atoms with Crippen LogP contribution in [0.25, 0.3) is 0 Å². The number of morpholine rings is 1. The summed E-state index contributed by atoms with van der Waals surface area (Å²) < 4.78 is 45.9. The van der Waals surface area contributed by atoms with Crippen molar-refractivity contribution in [3.05, 3.63) is 71.0 Å². The molecule has 2 saturated heterocycles. The molecule has 2 aromatic carbocycles. The third-order valence-corrected chi connectivity index (χ3v) is 5.52. The number of hydrogen-bond donors (Lipinski definition) is 0. The highest BCUT2D eigenvalue weighted by Gasteiger charge is 2.41. The zero-order valence-corrected chi connectivity index (χ0v) is 14.7. The fraction of sp³-hybridized carbons (Fsp3) is 0.381. The summed E-state index contributed by atoms with van der Waals surface area (Å²) in [5, 5.41) is 0. The van der Waals surface area contributed by atoms with Crippen LogP contribution in [0, 0.1) is 23.4 Å². The molecule has 2 fully saturated rings. The van der Waals surface area contributed by atoms with Crippen LogP contribution in [0.2, 0.25) is 0 Å². The summed E-state index contributed by atoms with van der Waals surface area (Å²) in [6.45, 7) is 1.83. The molecule has 2 aliphatic rings. The van der Waals surface area contributed by atoms with Crippen molar-refractivity contribution < 1.29 is 22.7 Å². The lowest BCUT2D eigenvalue weighted by Crippen LogP contribution is -2.57. The monoisotopic (exact) mass is 375 g/mol. The number of benzene rings is 2. The largest absolute Gasteiger partial charge is 0.378 e. The lowest BCUT2D eigenvalue weighted by atomic mass is 9.80. The van der Waals surface area contributed by atoms with E-state index >= 15 is 0 Å². The van der Waals surface area contributed by atoms with Crippen molar-refractivity contribution in [3.63, 3.8) is 0 Å². The predicted octanol–water partition coefficient (Wildman–Crippen LogP) is 3.97. The smallest absolute Gasteiger partial charge is 0.194 e. The molecule has 27 heavy (non-hydrogen) atoms. The second kappa shape index (κ2) is 7.44. The van der Waals surface area contributed by atoms with E-state index in [0.29, 0.717) is 26.1 Å². The second-order valence-corrected chi connectivity index (χ2v) is 7.29. The number of carbonyl (C=O) groups excluding carboxylic acids is 1. The second-order valence-electron chi connectivity index (χ2n) is 7.29. The van der Waals surface area contributed by atoms with Crippen molar-refractivity contribution in [1.29, 1.82) is 0 Å². The van der Waals surface area contributed by atoms with Crippen molar-refractivity contribution in [1.82, 2.24) is 4.90 Å². The number of halogens is 3. The Morgan fingerprint density at radius 1 is 1.00 bits per heavy atom. The molecule has 4 rings (SSSR count). The number of ketones is 1. The number of nitrogens with zero attached hydrogens (tertiary/aromatic N) is 1. The molecule has 0 amide bonds. The minimum atomic E-state index is -1.55. The van der Waals surface area contributed by atoms with Crippen LogP contribution < -0.4 is 0 Å². The van der Waals surface area contributed by atoms with Crippen LogP contribution in [0.15, 0.2) is 42.5 Å². The van der Waals surface area contributed by atoms with Gasteiger partial charge < -0.3 is 4.74 Å². The molecule has 0 saturated carbocycles. The van der Waals surface area contributed by atoms with E-state index in [1.54, 1.807) is 0 Å². The van der Waals surface area contributed by atoms with Gasteiger partial charge in [-0.3, -0.25) is 9.69 Å². The number of hydrogen-bond acceptors (Lipinski definition) is 3. The van der Waals surface area contributed by atoms with Crippen molar-refractivity contribution in [3.8, 4) is 0 Å². The fourth-order valence-electron chi connectivity index (χ4n) is 4.19. The highest BCUT2D eigenvalue weighted by atomic mass is 19.2. The molecule has 2 heterocycles. The summed E-state index contributed by atoms with van der Waals surface area (Å²) in [5.74, 6) is -4.88. The molecule has 3 nitrogen and oxygen atoms in total. The van der Waals surface area contributed by atoms with Gasteiger partial charge in [0.1, 0.15) is 0 Å². The summed E-state index contributed by atoms with van der Waals surface area (Å²) in [4.78, 5) is 15.2. The van der Waals surface area contributed by atoms with Crippen molar-refractivity contribution in [2.75, 3.05) is 13.2 Å². The predicted molar refractivity (Wildman–Crippen MR) is 93.8 cm³/mol. The molecule has 2 atom stereocenters. The summed E-state index contributed by atoms with van der Waals surface area (Å²) in [6, 6.07) is 11.8. The van der Waals surface area contributed by atoms with Crippen LogP contribution in [-0.2, 0) is 11.3 Å². The number of rotatable bonds is 4. The van der Waals surface area contributed by atoms with Crippen LogP contribution in [0.5, 0.6) is 0 Å². The molecule has 2 aliphatic heterocycles. The molecule has 0 aromatic heterocycles. The number of ether oxygens (including phenoxy) is 1. The van der Waals surface area contributed by atoms with Crippen LogP contribution >= 0.6 is 0 Å². The summed E-state index contributed by atoms with van der Waals surface area (Å²) >= 11 is 0. The minimum Gasteiger partial charge on any atom is -0.378 e. The number of carbonyl (C=O) groups is 1. The SMILES string of the molecule is O=C(c1cc(F)c(F)c(F)c1)C1CC2COCC(C1)N2Cc1ccccc1. The topological polar surface area (TPSA) is 29.5 Å². The first-order valence-corrected chi connectivity index (χ1v) is 9.09. The first-order chi connectivity index (χ1) is 13.0. The van der Waals surface area contributed by atoms with Gasteiger partial charge in [-0.05, 0) is 30.5 Å². The normalized spacial score (nSPS) is 25.4. The fourth-order valence-corrected chi connectivity index (χ4v) is 4.19. The van der Waals surface area contributed by atoms with E-state index in [1.807, 2.05) is 18.2 Å². The van der Waals surface area contributed by atoms with Crippen LogP contribution in [-0.4, -0.2) is 36.0 Å². The summed E-state index contributed by atoms with van der Waals surface area (Å²) in [5.41, 5.74) is 1.09. The molecule has 0 N–H and O–H groups in total. The van der Waals surface area contributed by atoms with Gasteiger partial charge in [-0.2, -0.15) is 0 Å². The summed E-state index contributed by atoms with van der Waals surface area (Å²) in [6.07, 6.45) is 1.12. The van der Waals surface area contributed by atoms with Crippen LogP contribution in [0.4, 0.5) is 13.2 Å². The first kappa shape index (κ1) is 18.2. The highest BCUT2D eigenvalue weighted by Crippen LogP contribution is 2.35. The summed E-state index contributed by atoms with van der Waals surface area (Å²) in [7, 11) is 0. The van der Waals surface area contributed by atoms with E-state index in [1.165, 1.54) is 5.56 Å². The Bertz CT molecular complexity index is 806. The lowest BCUT2D eigenvalue weighted by Gasteiger charge is -2.48. The Labute approximate surface area is 155 Å². The maximum Gasteiger partial charge on any atom is 0.194 e. The molecule has 2 aromatic rings. The van der Waals surface area contributed by atoms with Crippen molar-refractivity contribution in [2.24, 2.45) is 5.92 Å². The number of fused-ring (bicyclic) bond motifs is 2. The average Bonchev–Trinajstić information content (AvgIpc) is 2.65. The van der Waals surface area contributed by atoms with Gasteiger partial charge in [0.05, 0.1) is 13.2 Å². The molecule has 2 bridgehead atoms. The molecule has 6 heteroatoms. The Morgan fingerprint density at radius 2 is 1.59 bits per heavy atom. The van der Waals surface area contributed by atoms with Crippen LogP contribution in [0.3, 0.4) is 0 Å². The van der Waals surface area contributed by atoms with Gasteiger partial charge in [0.25, 0.3) is 0 Å². The van der Waals surface area contributed by atoms with Gasteiger partial charge in [-0.25, -0.2) is 13.2 Å². The quantitative estimate of drug-likeness (QED) is 0.598. The first-order valence-electron chi connectivity index (χ1n) is 9.09. The van der Waals surface area contributed by atoms with E-state index in [0.717, 1.165) is 18.7 Å². The third kappa shape index (κ3) is 3.64. The Balaban J connectivity index is 1.52. The molecule has 0 aliphatic carbocycles. The molecule has 0 radical (unpaired) electrons. The molecule has 2 unspecified atom stereocenters. The number of piperidine rings is 1. The van der Waals surface area contributed by atoms with Gasteiger partial charge in [0, 0.05) is 30.1 Å². The lowest BCUT2D eigenvalue weighted by molar-refractivity contribution is -0.0872. The highest BCUT2D eigenvalue weighted by molar-refractivity contribution is 5.98.